The lowest BCUT2D eigenvalue weighted by Crippen LogP contribution is -2.61. The Labute approximate surface area is 197 Å². The Hall–Kier alpha value is -1.67. The minimum Gasteiger partial charge on any atom is -0.258 e. The number of hydrogen-bond donors (Lipinski definition) is 1. The van der Waals surface area contributed by atoms with Crippen LogP contribution in [0, 0.1) is 27.9 Å². The normalized spacial score (nSPS) is 34.4. The number of nitrogens with zero attached hydrogens (tertiary/aromatic N) is 1. The topological polar surface area (TPSA) is 103 Å². The van der Waals surface area contributed by atoms with Crippen molar-refractivity contribution in [1.29, 1.82) is 0 Å². The van der Waals surface area contributed by atoms with Gasteiger partial charge in [0.05, 0.1) is 14.7 Å². The summed E-state index contributed by atoms with van der Waals surface area (Å²) in [6.45, 7) is 0. The van der Waals surface area contributed by atoms with Gasteiger partial charge in [-0.1, -0.05) is 30.3 Å². The van der Waals surface area contributed by atoms with Crippen LogP contribution in [-0.2, 0) is 10.0 Å². The van der Waals surface area contributed by atoms with E-state index in [0.29, 0.717) is 17.9 Å². The monoisotopic (exact) mass is 494 g/mol. The van der Waals surface area contributed by atoms with Gasteiger partial charge in [-0.3, -0.25) is 10.1 Å². The number of nitro groups is 1. The molecule has 2 N–H and O–H groups in total. The average Bonchev–Trinajstić information content (AvgIpc) is 2.68. The van der Waals surface area contributed by atoms with Crippen molar-refractivity contribution in [1.82, 2.24) is 0 Å². The van der Waals surface area contributed by atoms with E-state index in [2.05, 4.69) is 0 Å². The molecule has 4 aliphatic carbocycles. The Morgan fingerprint density at radius 3 is 2.41 bits per heavy atom. The highest BCUT2D eigenvalue weighted by Crippen LogP contribution is 2.68. The third kappa shape index (κ3) is 3.63. The van der Waals surface area contributed by atoms with Crippen LogP contribution in [0.5, 0.6) is 0 Å². The maximum absolute atomic E-state index is 12.5. The number of hydrogen-bond acceptors (Lipinski definition) is 4. The number of primary sulfonamides is 1. The molecule has 0 saturated heterocycles. The molecule has 2 aromatic rings. The van der Waals surface area contributed by atoms with Crippen molar-refractivity contribution in [3.63, 3.8) is 0 Å². The number of nitro benzene ring substituents is 1. The quantitative estimate of drug-likeness (QED) is 0.351. The summed E-state index contributed by atoms with van der Waals surface area (Å²) < 4.78 is 25.1. The number of alkyl halides is 2. The molecule has 0 aliphatic heterocycles. The molecule has 32 heavy (non-hydrogen) atoms. The molecule has 6 atom stereocenters. The van der Waals surface area contributed by atoms with Crippen LogP contribution in [-0.4, -0.2) is 23.1 Å². The standard InChI is InChI=1S/C23H24Cl2N2O4S/c24-22-10-14-8-16(12-22)21(23(25,11-14)13-22)20(15-4-2-1-3-5-15)18-9-17(27(28)29)6-7-19(18)32(26,30)31/h1-7,9,14,16,20-21H,8,10-13H2,(H2,26,30,31)/t14-,16+,20-,21-,22+,23+/m1/s1. The van der Waals surface area contributed by atoms with Gasteiger partial charge in [-0.15, -0.1) is 23.2 Å². The van der Waals surface area contributed by atoms with Crippen LogP contribution >= 0.6 is 23.2 Å². The van der Waals surface area contributed by atoms with Gasteiger partial charge in [0.15, 0.2) is 0 Å². The lowest BCUT2D eigenvalue weighted by Gasteiger charge is -2.63. The Bertz CT molecular complexity index is 1190. The van der Waals surface area contributed by atoms with E-state index >= 15 is 0 Å². The van der Waals surface area contributed by atoms with Crippen molar-refractivity contribution >= 4 is 38.9 Å². The van der Waals surface area contributed by atoms with Crippen LogP contribution in [0.4, 0.5) is 5.69 Å². The van der Waals surface area contributed by atoms with Gasteiger partial charge in [-0.05, 0) is 67.1 Å². The fourth-order valence-corrected chi connectivity index (χ4v) is 9.23. The van der Waals surface area contributed by atoms with E-state index in [0.717, 1.165) is 31.2 Å². The van der Waals surface area contributed by atoms with Crippen molar-refractivity contribution in [2.45, 2.75) is 52.7 Å². The first-order valence-corrected chi connectivity index (χ1v) is 13.0. The Balaban J connectivity index is 1.75. The minimum atomic E-state index is -4.12. The number of sulfonamides is 1. The summed E-state index contributed by atoms with van der Waals surface area (Å²) in [5, 5.41) is 17.2. The number of rotatable bonds is 5. The third-order valence-electron chi connectivity index (χ3n) is 7.63. The largest absolute Gasteiger partial charge is 0.269 e. The second-order valence-electron chi connectivity index (χ2n) is 9.77. The van der Waals surface area contributed by atoms with E-state index < -0.39 is 25.7 Å². The van der Waals surface area contributed by atoms with E-state index in [1.165, 1.54) is 18.2 Å². The fourth-order valence-electron chi connectivity index (χ4n) is 6.96. The number of nitrogens with two attached hydrogens (primary N) is 1. The summed E-state index contributed by atoms with van der Waals surface area (Å²) in [7, 11) is -4.12. The zero-order valence-corrected chi connectivity index (χ0v) is 19.6. The molecular formula is C23H24Cl2N2O4S. The first-order valence-electron chi connectivity index (χ1n) is 10.7. The molecule has 4 bridgehead atoms. The summed E-state index contributed by atoms with van der Waals surface area (Å²) in [5.41, 5.74) is 1.04. The lowest BCUT2D eigenvalue weighted by molar-refractivity contribution is -0.385. The van der Waals surface area contributed by atoms with E-state index in [1.54, 1.807) is 0 Å². The van der Waals surface area contributed by atoms with Gasteiger partial charge in [-0.2, -0.15) is 0 Å². The molecule has 9 heteroatoms. The summed E-state index contributed by atoms with van der Waals surface area (Å²) >= 11 is 14.3. The van der Waals surface area contributed by atoms with Gasteiger partial charge in [0.1, 0.15) is 0 Å². The van der Waals surface area contributed by atoms with Gasteiger partial charge in [0, 0.05) is 22.9 Å². The second kappa shape index (κ2) is 7.42. The maximum atomic E-state index is 12.5. The Morgan fingerprint density at radius 1 is 1.09 bits per heavy atom. The van der Waals surface area contributed by atoms with Crippen LogP contribution < -0.4 is 5.14 Å². The lowest BCUT2D eigenvalue weighted by atomic mass is 9.48. The van der Waals surface area contributed by atoms with Crippen LogP contribution in [0.15, 0.2) is 53.4 Å². The zero-order chi connectivity index (χ0) is 22.9. The van der Waals surface area contributed by atoms with Gasteiger partial charge in [0.2, 0.25) is 10.0 Å². The van der Waals surface area contributed by atoms with Crippen LogP contribution in [0.25, 0.3) is 0 Å². The van der Waals surface area contributed by atoms with Gasteiger partial charge >= 0.3 is 0 Å². The summed E-state index contributed by atoms with van der Waals surface area (Å²) in [6, 6.07) is 13.3. The first-order chi connectivity index (χ1) is 15.0. The molecule has 4 fully saturated rings. The molecule has 6 rings (SSSR count). The maximum Gasteiger partial charge on any atom is 0.269 e. The fraction of sp³-hybridized carbons (Fsp3) is 0.478. The summed E-state index contributed by atoms with van der Waals surface area (Å²) in [5.74, 6) is 0.0849. The zero-order valence-electron chi connectivity index (χ0n) is 17.3. The molecule has 0 radical (unpaired) electrons. The molecule has 4 saturated carbocycles. The predicted molar refractivity (Wildman–Crippen MR) is 123 cm³/mol. The van der Waals surface area contributed by atoms with Crippen molar-refractivity contribution in [3.05, 3.63) is 69.8 Å². The van der Waals surface area contributed by atoms with Gasteiger partial charge in [-0.25, -0.2) is 13.6 Å². The molecule has 0 unspecified atom stereocenters. The summed E-state index contributed by atoms with van der Waals surface area (Å²) in [4.78, 5) is 10.0. The highest BCUT2D eigenvalue weighted by atomic mass is 35.5. The van der Waals surface area contributed by atoms with E-state index in [4.69, 9.17) is 28.3 Å². The Morgan fingerprint density at radius 2 is 1.81 bits per heavy atom. The number of halogens is 2. The molecule has 0 spiro atoms. The number of non-ortho nitro benzene ring substituents is 1. The summed E-state index contributed by atoms with van der Waals surface area (Å²) in [6.07, 6.45) is 4.21. The predicted octanol–water partition coefficient (Wildman–Crippen LogP) is 5.17. The molecule has 4 aliphatic rings. The van der Waals surface area contributed by atoms with E-state index in [9.17, 15) is 18.5 Å². The smallest absolute Gasteiger partial charge is 0.258 e. The van der Waals surface area contributed by atoms with Crippen LogP contribution in [0.3, 0.4) is 0 Å². The highest BCUT2D eigenvalue weighted by molar-refractivity contribution is 7.89. The second-order valence-corrected chi connectivity index (χ2v) is 12.9. The molecule has 0 aromatic heterocycles. The SMILES string of the molecule is NS(=O)(=O)c1ccc([N+](=O)[O-])cc1[C@@H](c1ccccc1)[C@H]1[C@H]2C[C@@H]3C[C@](Cl)(C2)C[C@@]1(Cl)C3. The third-order valence-corrected chi connectivity index (χ3v) is 9.59. The average molecular weight is 495 g/mol. The van der Waals surface area contributed by atoms with Gasteiger partial charge < -0.3 is 0 Å². The minimum absolute atomic E-state index is 0.0911. The molecule has 0 heterocycles. The number of benzene rings is 2. The van der Waals surface area contributed by atoms with E-state index in [-0.39, 0.29) is 27.3 Å². The van der Waals surface area contributed by atoms with E-state index in [1.807, 2.05) is 30.3 Å². The molecule has 170 valence electrons. The Kier molecular flexibility index (Phi) is 5.13. The molecule has 0 amide bonds. The van der Waals surface area contributed by atoms with Crippen molar-refractivity contribution in [2.75, 3.05) is 0 Å². The van der Waals surface area contributed by atoms with Gasteiger partial charge in [0.25, 0.3) is 5.69 Å². The highest BCUT2D eigenvalue weighted by Gasteiger charge is 2.63. The van der Waals surface area contributed by atoms with Crippen molar-refractivity contribution in [2.24, 2.45) is 22.9 Å². The van der Waals surface area contributed by atoms with Crippen LogP contribution in [0.2, 0.25) is 0 Å². The van der Waals surface area contributed by atoms with Crippen LogP contribution in [0.1, 0.15) is 49.1 Å². The first kappa shape index (κ1) is 22.1. The van der Waals surface area contributed by atoms with Crippen molar-refractivity contribution in [3.8, 4) is 0 Å². The molecule has 2 aromatic carbocycles. The van der Waals surface area contributed by atoms with Crippen molar-refractivity contribution < 1.29 is 13.3 Å². The molecule has 6 nitrogen and oxygen atoms in total. The molecular weight excluding hydrogens is 471 g/mol.